The molecule has 1 aromatic heterocycles. The van der Waals surface area contributed by atoms with Crippen LogP contribution in [0.15, 0.2) is 0 Å². The second-order valence-corrected chi connectivity index (χ2v) is 8.30. The van der Waals surface area contributed by atoms with Crippen LogP contribution in [0.3, 0.4) is 0 Å². The van der Waals surface area contributed by atoms with Crippen molar-refractivity contribution < 1.29 is 18.4 Å². The van der Waals surface area contributed by atoms with Gasteiger partial charge in [0, 0.05) is 6.54 Å². The van der Waals surface area contributed by atoms with Crippen LogP contribution < -0.4 is 0 Å². The molecule has 0 unspecified atom stereocenters. The van der Waals surface area contributed by atoms with Gasteiger partial charge in [0.05, 0.1) is 26.1 Å². The topological polar surface area (TPSA) is 66.4 Å². The van der Waals surface area contributed by atoms with Gasteiger partial charge in [-0.05, 0) is 25.7 Å². The predicted octanol–water partition coefficient (Wildman–Crippen LogP) is 0.900. The number of alkyl halides is 2. The maximum absolute atomic E-state index is 15.2. The van der Waals surface area contributed by atoms with Crippen molar-refractivity contribution in [3.63, 3.8) is 0 Å². The fourth-order valence-corrected chi connectivity index (χ4v) is 4.23. The van der Waals surface area contributed by atoms with E-state index >= 15 is 8.78 Å². The molecule has 2 atom stereocenters. The smallest absolute Gasteiger partial charge is 0.265 e. The number of fused-ring (bicyclic) bond motifs is 1. The van der Waals surface area contributed by atoms with Gasteiger partial charge in [0.25, 0.3) is 5.91 Å². The van der Waals surface area contributed by atoms with E-state index in [-0.39, 0.29) is 19.5 Å². The largest absolute Gasteiger partial charge is 0.336 e. The van der Waals surface area contributed by atoms with Crippen LogP contribution in [0.2, 0.25) is 0 Å². The van der Waals surface area contributed by atoms with E-state index in [1.54, 1.807) is 6.92 Å². The highest BCUT2D eigenvalue weighted by Gasteiger charge is 2.71. The van der Waals surface area contributed by atoms with Gasteiger partial charge in [0.2, 0.25) is 11.6 Å². The van der Waals surface area contributed by atoms with Crippen molar-refractivity contribution in [3.05, 3.63) is 10.0 Å². The number of hydrogen-bond donors (Lipinski definition) is 0. The zero-order chi connectivity index (χ0) is 17.1. The molecule has 24 heavy (non-hydrogen) atoms. The highest BCUT2D eigenvalue weighted by atomic mass is 32.1. The first-order valence-electron chi connectivity index (χ1n) is 8.05. The van der Waals surface area contributed by atoms with Crippen LogP contribution >= 0.6 is 11.3 Å². The SMILES string of the molecule is Cc1nnc(CC(=O)N2C[C@@]3(F)CN(CC4CC4)C(=O)[C@@]3(F)C2)s1. The Labute approximate surface area is 141 Å². The molecule has 0 spiro atoms. The number of hydrogen-bond acceptors (Lipinski definition) is 5. The lowest BCUT2D eigenvalue weighted by molar-refractivity contribution is -0.140. The van der Waals surface area contributed by atoms with E-state index in [2.05, 4.69) is 10.2 Å². The summed E-state index contributed by atoms with van der Waals surface area (Å²) in [6, 6.07) is 0. The minimum absolute atomic E-state index is 0.0440. The van der Waals surface area contributed by atoms with Crippen molar-refractivity contribution >= 4 is 23.2 Å². The molecule has 1 aromatic rings. The Balaban J connectivity index is 1.47. The highest BCUT2D eigenvalue weighted by molar-refractivity contribution is 7.11. The third-order valence-electron chi connectivity index (χ3n) is 5.03. The zero-order valence-electron chi connectivity index (χ0n) is 13.3. The van der Waals surface area contributed by atoms with Crippen molar-refractivity contribution in [1.29, 1.82) is 0 Å². The van der Waals surface area contributed by atoms with Crippen molar-refractivity contribution in [2.24, 2.45) is 5.92 Å². The van der Waals surface area contributed by atoms with Crippen molar-refractivity contribution in [2.45, 2.75) is 37.5 Å². The lowest BCUT2D eigenvalue weighted by Crippen LogP contribution is -2.47. The Bertz CT molecular complexity index is 709. The van der Waals surface area contributed by atoms with Crippen LogP contribution in [0.4, 0.5) is 8.78 Å². The summed E-state index contributed by atoms with van der Waals surface area (Å²) in [4.78, 5) is 27.1. The van der Waals surface area contributed by atoms with E-state index in [0.29, 0.717) is 17.5 Å². The van der Waals surface area contributed by atoms with E-state index in [4.69, 9.17) is 0 Å². The number of rotatable bonds is 4. The maximum atomic E-state index is 15.2. The van der Waals surface area contributed by atoms with E-state index in [0.717, 1.165) is 22.7 Å². The van der Waals surface area contributed by atoms with Gasteiger partial charge in [-0.25, -0.2) is 8.78 Å². The summed E-state index contributed by atoms with van der Waals surface area (Å²) in [5.41, 5.74) is -4.93. The molecule has 3 aliphatic rings. The number of carbonyl (C=O) groups excluding carboxylic acids is 2. The van der Waals surface area contributed by atoms with Crippen LogP contribution in [0.25, 0.3) is 0 Å². The van der Waals surface area contributed by atoms with Crippen LogP contribution in [0, 0.1) is 12.8 Å². The van der Waals surface area contributed by atoms with Crippen LogP contribution in [0.5, 0.6) is 0 Å². The van der Waals surface area contributed by atoms with Crippen LogP contribution in [-0.4, -0.2) is 69.3 Å². The Morgan fingerprint density at radius 2 is 2.04 bits per heavy atom. The first kappa shape index (κ1) is 15.9. The molecule has 6 nitrogen and oxygen atoms in total. The number of carbonyl (C=O) groups is 2. The second kappa shape index (κ2) is 5.18. The predicted molar refractivity (Wildman–Crippen MR) is 81.9 cm³/mol. The van der Waals surface area contributed by atoms with Gasteiger partial charge in [-0.3, -0.25) is 9.59 Å². The highest BCUT2D eigenvalue weighted by Crippen LogP contribution is 2.46. The fraction of sp³-hybridized carbons (Fsp3) is 0.733. The Morgan fingerprint density at radius 3 is 2.62 bits per heavy atom. The molecular formula is C15H18F2N4O2S. The molecule has 9 heteroatoms. The summed E-state index contributed by atoms with van der Waals surface area (Å²) in [5, 5.41) is 8.92. The van der Waals surface area contributed by atoms with Gasteiger partial charge in [0.1, 0.15) is 10.0 Å². The maximum Gasteiger partial charge on any atom is 0.265 e. The molecule has 130 valence electrons. The summed E-state index contributed by atoms with van der Waals surface area (Å²) >= 11 is 1.28. The van der Waals surface area contributed by atoms with Crippen molar-refractivity contribution in [3.8, 4) is 0 Å². The Morgan fingerprint density at radius 1 is 1.29 bits per heavy atom. The number of halogens is 2. The van der Waals surface area contributed by atoms with Crippen LogP contribution in [-0.2, 0) is 16.0 Å². The van der Waals surface area contributed by atoms with Gasteiger partial charge in [-0.1, -0.05) is 0 Å². The number of aromatic nitrogens is 2. The molecule has 0 N–H and O–H groups in total. The molecule has 1 aliphatic carbocycles. The molecule has 0 aromatic carbocycles. The quantitative estimate of drug-likeness (QED) is 0.804. The van der Waals surface area contributed by atoms with E-state index < -0.39 is 29.7 Å². The molecule has 3 fully saturated rings. The van der Waals surface area contributed by atoms with E-state index in [9.17, 15) is 9.59 Å². The second-order valence-electron chi connectivity index (χ2n) is 7.04. The number of likely N-dealkylation sites (tertiary alicyclic amines) is 2. The normalized spacial score (nSPS) is 32.5. The molecule has 4 rings (SSSR count). The first-order chi connectivity index (χ1) is 11.3. The van der Waals surface area contributed by atoms with E-state index in [1.165, 1.54) is 16.2 Å². The molecule has 2 amide bonds. The van der Waals surface area contributed by atoms with Gasteiger partial charge >= 0.3 is 0 Å². The van der Waals surface area contributed by atoms with Crippen molar-refractivity contribution in [2.75, 3.05) is 26.2 Å². The lowest BCUT2D eigenvalue weighted by Gasteiger charge is -2.22. The minimum Gasteiger partial charge on any atom is -0.336 e. The number of nitrogens with zero attached hydrogens (tertiary/aromatic N) is 4. The molecule has 1 saturated carbocycles. The number of aryl methyl sites for hydroxylation is 1. The Kier molecular flexibility index (Phi) is 3.42. The summed E-state index contributed by atoms with van der Waals surface area (Å²) < 4.78 is 30.3. The third kappa shape index (κ3) is 2.40. The molecule has 0 radical (unpaired) electrons. The molecular weight excluding hydrogens is 338 g/mol. The summed E-state index contributed by atoms with van der Waals surface area (Å²) in [7, 11) is 0. The van der Waals surface area contributed by atoms with E-state index in [1.807, 2.05) is 0 Å². The molecule has 0 bridgehead atoms. The standard InChI is InChI=1S/C15H18F2N4O2S/c1-9-18-19-11(24-9)4-12(22)21-7-14(16)6-20(5-10-2-3-10)13(23)15(14,17)8-21/h10H,2-8H2,1H3/t14-,15-/m0/s1. The Hall–Kier alpha value is -1.64. The monoisotopic (exact) mass is 356 g/mol. The average molecular weight is 356 g/mol. The van der Waals surface area contributed by atoms with Gasteiger partial charge in [-0.2, -0.15) is 0 Å². The fourth-order valence-electron chi connectivity index (χ4n) is 3.53. The molecule has 2 saturated heterocycles. The summed E-state index contributed by atoms with van der Waals surface area (Å²) in [6.45, 7) is 1.04. The average Bonchev–Trinajstić information content (AvgIpc) is 3.13. The third-order valence-corrected chi connectivity index (χ3v) is 5.87. The van der Waals surface area contributed by atoms with Gasteiger partial charge in [0.15, 0.2) is 5.67 Å². The molecule has 2 aliphatic heterocycles. The summed E-state index contributed by atoms with van der Waals surface area (Å²) in [6.07, 6.45) is 1.97. The first-order valence-corrected chi connectivity index (χ1v) is 8.86. The van der Waals surface area contributed by atoms with Gasteiger partial charge < -0.3 is 9.80 Å². The summed E-state index contributed by atoms with van der Waals surface area (Å²) in [5.74, 6) is -0.853. The minimum atomic E-state index is -2.62. The van der Waals surface area contributed by atoms with Crippen LogP contribution in [0.1, 0.15) is 22.9 Å². The zero-order valence-corrected chi connectivity index (χ0v) is 14.1. The van der Waals surface area contributed by atoms with Crippen molar-refractivity contribution in [1.82, 2.24) is 20.0 Å². The molecule has 3 heterocycles. The lowest BCUT2D eigenvalue weighted by atomic mass is 9.93. The number of amides is 2. The van der Waals surface area contributed by atoms with Gasteiger partial charge in [-0.15, -0.1) is 21.5 Å².